The summed E-state index contributed by atoms with van der Waals surface area (Å²) in [5.41, 5.74) is 7.21. The summed E-state index contributed by atoms with van der Waals surface area (Å²) in [6, 6.07) is 12.0. The molecule has 0 saturated heterocycles. The average Bonchev–Trinajstić information content (AvgIpc) is 3.49. The van der Waals surface area contributed by atoms with Gasteiger partial charge in [0.1, 0.15) is 5.76 Å². The lowest BCUT2D eigenvalue weighted by atomic mass is 9.89. The monoisotopic (exact) mass is 424 g/mol. The number of hydrogen-bond donors (Lipinski definition) is 2. The minimum atomic E-state index is -0.140. The molecule has 3 N–H and O–H groups in total. The highest BCUT2D eigenvalue weighted by atomic mass is 16.5. The van der Waals surface area contributed by atoms with E-state index in [-0.39, 0.29) is 29.9 Å². The zero-order valence-electron chi connectivity index (χ0n) is 18.1. The third kappa shape index (κ3) is 5.73. The van der Waals surface area contributed by atoms with Crippen molar-refractivity contribution in [1.29, 1.82) is 0 Å². The van der Waals surface area contributed by atoms with Crippen LogP contribution in [0.4, 0.5) is 0 Å². The minimum Gasteiger partial charge on any atom is -0.360 e. The second kappa shape index (κ2) is 9.64. The number of nitrogens with two attached hydrogens (primary N) is 1. The predicted octanol–water partition coefficient (Wildman–Crippen LogP) is 3.36. The number of aromatic nitrogens is 1. The zero-order valence-corrected chi connectivity index (χ0v) is 18.1. The highest BCUT2D eigenvalue weighted by Crippen LogP contribution is 2.40. The fourth-order valence-corrected chi connectivity index (χ4v) is 4.36. The Hall–Kier alpha value is -2.67. The summed E-state index contributed by atoms with van der Waals surface area (Å²) in [5, 5.41) is 7.17. The summed E-state index contributed by atoms with van der Waals surface area (Å²) in [7, 11) is 0. The third-order valence-electron chi connectivity index (χ3n) is 6.19. The van der Waals surface area contributed by atoms with E-state index in [0.29, 0.717) is 24.6 Å². The van der Waals surface area contributed by atoms with Crippen molar-refractivity contribution in [2.24, 2.45) is 5.73 Å². The number of rotatable bonds is 8. The second-order valence-electron chi connectivity index (χ2n) is 9.06. The maximum Gasteiger partial charge on any atom is 0.276 e. The van der Waals surface area contributed by atoms with Crippen molar-refractivity contribution in [2.45, 2.75) is 82.5 Å². The first kappa shape index (κ1) is 21.6. The van der Waals surface area contributed by atoms with Gasteiger partial charge in [0.05, 0.1) is 0 Å². The molecular weight excluding hydrogens is 392 g/mol. The summed E-state index contributed by atoms with van der Waals surface area (Å²) in [4.78, 5) is 27.4. The predicted molar refractivity (Wildman–Crippen MR) is 117 cm³/mol. The smallest absolute Gasteiger partial charge is 0.276 e. The Morgan fingerprint density at radius 3 is 2.52 bits per heavy atom. The topological polar surface area (TPSA) is 101 Å². The second-order valence-corrected chi connectivity index (χ2v) is 9.06. The van der Waals surface area contributed by atoms with Crippen LogP contribution in [0.1, 0.15) is 79.6 Å². The fraction of sp³-hybridized carbons (Fsp3) is 0.542. The van der Waals surface area contributed by atoms with Gasteiger partial charge in [-0.05, 0) is 51.0 Å². The van der Waals surface area contributed by atoms with Crippen molar-refractivity contribution < 1.29 is 14.1 Å². The average molecular weight is 425 g/mol. The number of nitrogens with one attached hydrogen (secondary N) is 1. The molecule has 7 nitrogen and oxygen atoms in total. The Balaban J connectivity index is 1.43. The van der Waals surface area contributed by atoms with Crippen LogP contribution in [0.15, 0.2) is 40.9 Å². The number of carbonyl (C=O) groups is 2. The van der Waals surface area contributed by atoms with Crippen LogP contribution in [0.25, 0.3) is 0 Å². The molecule has 2 aliphatic rings. The van der Waals surface area contributed by atoms with E-state index in [1.54, 1.807) is 0 Å². The molecule has 0 unspecified atom stereocenters. The number of benzene rings is 1. The van der Waals surface area contributed by atoms with E-state index in [0.717, 1.165) is 49.8 Å². The van der Waals surface area contributed by atoms with Crippen molar-refractivity contribution in [3.63, 3.8) is 0 Å². The van der Waals surface area contributed by atoms with Gasteiger partial charge in [-0.3, -0.25) is 9.59 Å². The van der Waals surface area contributed by atoms with E-state index >= 15 is 0 Å². The summed E-state index contributed by atoms with van der Waals surface area (Å²) in [6.45, 7) is 2.37. The van der Waals surface area contributed by atoms with E-state index in [2.05, 4.69) is 10.5 Å². The summed E-state index contributed by atoms with van der Waals surface area (Å²) in [5.74, 6) is 1.17. The van der Waals surface area contributed by atoms with E-state index in [4.69, 9.17) is 10.3 Å². The quantitative estimate of drug-likeness (QED) is 0.677. The van der Waals surface area contributed by atoms with Crippen molar-refractivity contribution in [2.75, 3.05) is 0 Å². The van der Waals surface area contributed by atoms with E-state index in [9.17, 15) is 9.59 Å². The van der Waals surface area contributed by atoms with Crippen molar-refractivity contribution in [3.8, 4) is 0 Å². The maximum atomic E-state index is 13.4. The lowest BCUT2D eigenvalue weighted by Crippen LogP contribution is -2.46. The van der Waals surface area contributed by atoms with Gasteiger partial charge in [-0.25, -0.2) is 0 Å². The van der Waals surface area contributed by atoms with Crippen LogP contribution in [-0.4, -0.2) is 40.0 Å². The van der Waals surface area contributed by atoms with E-state index in [1.807, 2.05) is 48.2 Å². The Morgan fingerprint density at radius 2 is 1.87 bits per heavy atom. The molecule has 2 aromatic rings. The number of amides is 2. The minimum absolute atomic E-state index is 0.00544. The van der Waals surface area contributed by atoms with Gasteiger partial charge in [-0.2, -0.15) is 0 Å². The van der Waals surface area contributed by atoms with Gasteiger partial charge < -0.3 is 20.5 Å². The van der Waals surface area contributed by atoms with Crippen LogP contribution in [0.5, 0.6) is 0 Å². The molecule has 1 aromatic carbocycles. The SMILES string of the molecule is C[C@H](N)CC(=O)NC1CCC(N(Cc2ccccc2)C(=O)c2cc(C3CC3)on2)CC1. The molecular formula is C24H32N4O3. The highest BCUT2D eigenvalue weighted by molar-refractivity contribution is 5.92. The number of hydrogen-bond acceptors (Lipinski definition) is 5. The molecule has 2 amide bonds. The van der Waals surface area contributed by atoms with Crippen LogP contribution in [-0.2, 0) is 11.3 Å². The summed E-state index contributed by atoms with van der Waals surface area (Å²) in [6.07, 6.45) is 5.93. The van der Waals surface area contributed by atoms with E-state index < -0.39 is 0 Å². The van der Waals surface area contributed by atoms with Gasteiger partial charge >= 0.3 is 0 Å². The molecule has 7 heteroatoms. The first-order valence-corrected chi connectivity index (χ1v) is 11.4. The summed E-state index contributed by atoms with van der Waals surface area (Å²) < 4.78 is 5.43. The first-order chi connectivity index (χ1) is 15.0. The highest BCUT2D eigenvalue weighted by Gasteiger charge is 2.33. The molecule has 2 aliphatic carbocycles. The largest absolute Gasteiger partial charge is 0.360 e. The zero-order chi connectivity index (χ0) is 21.8. The Bertz CT molecular complexity index is 883. The lowest BCUT2D eigenvalue weighted by Gasteiger charge is -2.37. The molecule has 2 saturated carbocycles. The van der Waals surface area contributed by atoms with Crippen LogP contribution in [0.3, 0.4) is 0 Å². The van der Waals surface area contributed by atoms with Crippen molar-refractivity contribution >= 4 is 11.8 Å². The molecule has 4 rings (SSSR count). The molecule has 1 heterocycles. The molecule has 1 atom stereocenters. The van der Waals surface area contributed by atoms with Crippen molar-refractivity contribution in [1.82, 2.24) is 15.4 Å². The molecule has 0 bridgehead atoms. The van der Waals surface area contributed by atoms with Gasteiger partial charge in [0.2, 0.25) is 5.91 Å². The van der Waals surface area contributed by atoms with Gasteiger partial charge in [0.15, 0.2) is 5.69 Å². The Labute approximate surface area is 183 Å². The number of nitrogens with zero attached hydrogens (tertiary/aromatic N) is 2. The van der Waals surface area contributed by atoms with Crippen LogP contribution in [0.2, 0.25) is 0 Å². The normalized spacial score (nSPS) is 22.0. The van der Waals surface area contributed by atoms with Crippen molar-refractivity contribution in [3.05, 3.63) is 53.4 Å². The first-order valence-electron chi connectivity index (χ1n) is 11.4. The molecule has 0 radical (unpaired) electrons. The maximum absolute atomic E-state index is 13.4. The van der Waals surface area contributed by atoms with Gasteiger partial charge in [-0.1, -0.05) is 35.5 Å². The van der Waals surface area contributed by atoms with Crippen LogP contribution in [0, 0.1) is 0 Å². The molecule has 1 aromatic heterocycles. The van der Waals surface area contributed by atoms with Crippen LogP contribution < -0.4 is 11.1 Å². The van der Waals surface area contributed by atoms with Crippen LogP contribution >= 0.6 is 0 Å². The molecule has 0 aliphatic heterocycles. The molecule has 2 fully saturated rings. The lowest BCUT2D eigenvalue weighted by molar-refractivity contribution is -0.122. The number of carbonyl (C=O) groups excluding carboxylic acids is 2. The standard InChI is InChI=1S/C24H32N4O3/c1-16(25)13-23(29)26-19-9-11-20(12-10-19)28(15-17-5-3-2-4-6-17)24(30)21-14-22(31-27-21)18-7-8-18/h2-6,14,16,18-20H,7-13,15,25H2,1H3,(H,26,29)/t16-,19?,20?/m0/s1. The van der Waals surface area contributed by atoms with Gasteiger partial charge in [0, 0.05) is 43.1 Å². The fourth-order valence-electron chi connectivity index (χ4n) is 4.36. The van der Waals surface area contributed by atoms with Gasteiger partial charge in [-0.15, -0.1) is 0 Å². The summed E-state index contributed by atoms with van der Waals surface area (Å²) >= 11 is 0. The third-order valence-corrected chi connectivity index (χ3v) is 6.19. The molecule has 166 valence electrons. The van der Waals surface area contributed by atoms with Gasteiger partial charge in [0.25, 0.3) is 5.91 Å². The van der Waals surface area contributed by atoms with E-state index in [1.165, 1.54) is 0 Å². The Kier molecular flexibility index (Phi) is 6.70. The Morgan fingerprint density at radius 1 is 1.16 bits per heavy atom. The molecule has 31 heavy (non-hydrogen) atoms. The molecule has 0 spiro atoms.